The molecule has 33 heavy (non-hydrogen) atoms. The van der Waals surface area contributed by atoms with Crippen LogP contribution in [0.2, 0.25) is 5.02 Å². The molecule has 0 bridgehead atoms. The number of hydrogen-bond donors (Lipinski definition) is 1. The lowest BCUT2D eigenvalue weighted by molar-refractivity contribution is -0.148. The van der Waals surface area contributed by atoms with E-state index >= 15 is 0 Å². The van der Waals surface area contributed by atoms with Crippen LogP contribution in [0.3, 0.4) is 0 Å². The first-order chi connectivity index (χ1) is 15.4. The van der Waals surface area contributed by atoms with Gasteiger partial charge in [-0.05, 0) is 45.7 Å². The second-order valence-corrected chi connectivity index (χ2v) is 9.33. The first-order valence-corrected chi connectivity index (χ1v) is 11.0. The van der Waals surface area contributed by atoms with Crippen LogP contribution in [-0.4, -0.2) is 44.9 Å². The van der Waals surface area contributed by atoms with Gasteiger partial charge in [-0.3, -0.25) is 4.79 Å². The Bertz CT molecular complexity index is 1220. The van der Waals surface area contributed by atoms with Gasteiger partial charge in [-0.25, -0.2) is 4.98 Å². The highest BCUT2D eigenvalue weighted by molar-refractivity contribution is 6.30. The standard InChI is InChI=1S/C23H24ClF3N4O2/c1-13-18(15-5-7-16(24)8-6-15)29-31-19(13)28-14(2)17(11-23(25,26)27)20(31)30-10-4-9-22(3,12-30)21(32)33/h5-8H,4,9-12H2,1-3H3,(H,32,33). The zero-order valence-corrected chi connectivity index (χ0v) is 19.3. The molecule has 176 valence electrons. The molecule has 4 rings (SSSR count). The van der Waals surface area contributed by atoms with Gasteiger partial charge in [-0.15, -0.1) is 0 Å². The zero-order chi connectivity index (χ0) is 24.1. The average Bonchev–Trinajstić information content (AvgIpc) is 3.04. The van der Waals surface area contributed by atoms with E-state index in [1.54, 1.807) is 43.0 Å². The summed E-state index contributed by atoms with van der Waals surface area (Å²) in [4.78, 5) is 18.1. The van der Waals surface area contributed by atoms with Crippen LogP contribution < -0.4 is 4.90 Å². The van der Waals surface area contributed by atoms with Crippen LogP contribution in [0.1, 0.15) is 36.6 Å². The van der Waals surface area contributed by atoms with Gasteiger partial charge < -0.3 is 10.0 Å². The normalized spacial score (nSPS) is 19.3. The van der Waals surface area contributed by atoms with Crippen LogP contribution in [0.25, 0.3) is 16.9 Å². The largest absolute Gasteiger partial charge is 0.481 e. The van der Waals surface area contributed by atoms with E-state index in [1.807, 2.05) is 6.92 Å². The molecule has 1 unspecified atom stereocenters. The third-order valence-electron chi connectivity index (χ3n) is 6.28. The fourth-order valence-corrected chi connectivity index (χ4v) is 4.62. The molecule has 6 nitrogen and oxygen atoms in total. The number of carboxylic acids is 1. The van der Waals surface area contributed by atoms with Crippen molar-refractivity contribution in [1.82, 2.24) is 14.6 Å². The van der Waals surface area contributed by atoms with Crippen molar-refractivity contribution in [2.24, 2.45) is 5.41 Å². The molecule has 3 heterocycles. The van der Waals surface area contributed by atoms with E-state index in [0.29, 0.717) is 35.8 Å². The van der Waals surface area contributed by atoms with Crippen LogP contribution in [-0.2, 0) is 11.2 Å². The van der Waals surface area contributed by atoms with Crippen LogP contribution >= 0.6 is 11.6 Å². The van der Waals surface area contributed by atoms with Gasteiger partial charge in [-0.2, -0.15) is 22.8 Å². The lowest BCUT2D eigenvalue weighted by Crippen LogP contribution is -2.47. The molecule has 2 aromatic heterocycles. The van der Waals surface area contributed by atoms with Crippen molar-refractivity contribution in [3.63, 3.8) is 0 Å². The summed E-state index contributed by atoms with van der Waals surface area (Å²) in [6.45, 7) is 5.52. The summed E-state index contributed by atoms with van der Waals surface area (Å²) in [6.07, 6.45) is -4.63. The third kappa shape index (κ3) is 4.38. The van der Waals surface area contributed by atoms with Crippen molar-refractivity contribution < 1.29 is 23.1 Å². The smallest absolute Gasteiger partial charge is 0.393 e. The first-order valence-electron chi connectivity index (χ1n) is 10.6. The average molecular weight is 481 g/mol. The van der Waals surface area contributed by atoms with Crippen molar-refractivity contribution in [1.29, 1.82) is 0 Å². The van der Waals surface area contributed by atoms with E-state index in [4.69, 9.17) is 11.6 Å². The molecule has 3 aromatic rings. The molecule has 10 heteroatoms. The van der Waals surface area contributed by atoms with Crippen molar-refractivity contribution >= 4 is 29.0 Å². The van der Waals surface area contributed by atoms with Gasteiger partial charge in [-0.1, -0.05) is 23.7 Å². The molecule has 0 saturated carbocycles. The summed E-state index contributed by atoms with van der Waals surface area (Å²) in [6, 6.07) is 7.03. The van der Waals surface area contributed by atoms with E-state index in [9.17, 15) is 23.1 Å². The number of anilines is 1. The number of nitrogens with zero attached hydrogens (tertiary/aromatic N) is 4. The molecule has 1 saturated heterocycles. The number of aliphatic carboxylic acids is 1. The Hall–Kier alpha value is -2.81. The molecule has 1 N–H and O–H groups in total. The number of aryl methyl sites for hydroxylation is 2. The number of aromatic nitrogens is 3. The molecule has 0 radical (unpaired) electrons. The van der Waals surface area contributed by atoms with Crippen molar-refractivity contribution in [2.75, 3.05) is 18.0 Å². The molecule has 1 aliphatic heterocycles. The summed E-state index contributed by atoms with van der Waals surface area (Å²) in [5, 5.41) is 15.0. The number of piperidine rings is 1. The SMILES string of the molecule is Cc1nc2c(C)c(-c3ccc(Cl)cc3)nn2c(N2CCCC(C)(C(=O)O)C2)c1CC(F)(F)F. The van der Waals surface area contributed by atoms with Crippen LogP contribution in [0.5, 0.6) is 0 Å². The number of rotatable bonds is 4. The lowest BCUT2D eigenvalue weighted by Gasteiger charge is -2.39. The second-order valence-electron chi connectivity index (χ2n) is 8.90. The highest BCUT2D eigenvalue weighted by atomic mass is 35.5. The highest BCUT2D eigenvalue weighted by Crippen LogP contribution is 2.38. The van der Waals surface area contributed by atoms with Crippen LogP contribution in [0, 0.1) is 19.3 Å². The highest BCUT2D eigenvalue weighted by Gasteiger charge is 2.41. The predicted octanol–water partition coefficient (Wildman–Crippen LogP) is 5.46. The summed E-state index contributed by atoms with van der Waals surface area (Å²) < 4.78 is 42.1. The molecule has 1 atom stereocenters. The zero-order valence-electron chi connectivity index (χ0n) is 18.5. The summed E-state index contributed by atoms with van der Waals surface area (Å²) >= 11 is 6.00. The van der Waals surface area contributed by atoms with E-state index in [2.05, 4.69) is 10.1 Å². The number of carbonyl (C=O) groups is 1. The lowest BCUT2D eigenvalue weighted by atomic mass is 9.82. The molecule has 0 spiro atoms. The van der Waals surface area contributed by atoms with Gasteiger partial charge in [0, 0.05) is 40.5 Å². The summed E-state index contributed by atoms with van der Waals surface area (Å²) in [7, 11) is 0. The minimum absolute atomic E-state index is 0.00907. The summed E-state index contributed by atoms with van der Waals surface area (Å²) in [5.74, 6) is -0.713. The quantitative estimate of drug-likeness (QED) is 0.536. The maximum atomic E-state index is 13.6. The van der Waals surface area contributed by atoms with Gasteiger partial charge in [0.2, 0.25) is 0 Å². The fraction of sp³-hybridized carbons (Fsp3) is 0.435. The fourth-order valence-electron chi connectivity index (χ4n) is 4.49. The molecule has 0 amide bonds. The predicted molar refractivity (Wildman–Crippen MR) is 120 cm³/mol. The molecule has 0 aliphatic carbocycles. The molecular weight excluding hydrogens is 457 g/mol. The number of fused-ring (bicyclic) bond motifs is 1. The van der Waals surface area contributed by atoms with Gasteiger partial charge in [0.15, 0.2) is 5.65 Å². The molecule has 1 aliphatic rings. The molecular formula is C23H24ClF3N4O2. The Morgan fingerprint density at radius 3 is 2.52 bits per heavy atom. The molecule has 1 fully saturated rings. The molecule has 1 aromatic carbocycles. The maximum absolute atomic E-state index is 13.6. The van der Waals surface area contributed by atoms with Crippen molar-refractivity contribution in [2.45, 2.75) is 46.2 Å². The Morgan fingerprint density at radius 1 is 1.24 bits per heavy atom. The number of halogens is 4. The topological polar surface area (TPSA) is 70.7 Å². The Balaban J connectivity index is 1.96. The van der Waals surface area contributed by atoms with Gasteiger partial charge in [0.1, 0.15) is 5.82 Å². The minimum atomic E-state index is -4.46. The van der Waals surface area contributed by atoms with Crippen LogP contribution in [0.4, 0.5) is 19.0 Å². The number of benzene rings is 1. The van der Waals surface area contributed by atoms with Gasteiger partial charge in [0.25, 0.3) is 0 Å². The number of carboxylic acid groups (broad SMARTS) is 1. The first kappa shape index (κ1) is 23.4. The Kier molecular flexibility index (Phi) is 5.80. The Morgan fingerprint density at radius 2 is 1.91 bits per heavy atom. The van der Waals surface area contributed by atoms with Crippen molar-refractivity contribution in [3.05, 3.63) is 46.1 Å². The number of hydrogen-bond acceptors (Lipinski definition) is 4. The number of alkyl halides is 3. The van der Waals surface area contributed by atoms with E-state index in [0.717, 1.165) is 11.1 Å². The van der Waals surface area contributed by atoms with E-state index in [1.165, 1.54) is 4.52 Å². The Labute approximate surface area is 194 Å². The third-order valence-corrected chi connectivity index (χ3v) is 6.53. The monoisotopic (exact) mass is 480 g/mol. The second kappa shape index (κ2) is 8.20. The van der Waals surface area contributed by atoms with Crippen molar-refractivity contribution in [3.8, 4) is 11.3 Å². The maximum Gasteiger partial charge on any atom is 0.393 e. The minimum Gasteiger partial charge on any atom is -0.481 e. The van der Waals surface area contributed by atoms with Crippen LogP contribution in [0.15, 0.2) is 24.3 Å². The van der Waals surface area contributed by atoms with E-state index < -0.39 is 24.0 Å². The van der Waals surface area contributed by atoms with Gasteiger partial charge in [0.05, 0.1) is 17.5 Å². The summed E-state index contributed by atoms with van der Waals surface area (Å²) in [5.41, 5.74) is 1.70. The van der Waals surface area contributed by atoms with Gasteiger partial charge >= 0.3 is 12.1 Å². The van der Waals surface area contributed by atoms with E-state index in [-0.39, 0.29) is 23.6 Å².